The number of anilines is 1. The van der Waals surface area contributed by atoms with Crippen LogP contribution in [0.25, 0.3) is 0 Å². The zero-order chi connectivity index (χ0) is 20.8. The summed E-state index contributed by atoms with van der Waals surface area (Å²) in [5.74, 6) is -0.508. The molecule has 3 amide bonds. The van der Waals surface area contributed by atoms with E-state index >= 15 is 0 Å². The summed E-state index contributed by atoms with van der Waals surface area (Å²) >= 11 is 6.07. The first-order chi connectivity index (χ1) is 13.2. The standard InChI is InChI=1S/C19H21ClN4O4/c1-12-5-4-6-17(13(12)2)21-19(26)22-18(25)11-23(3)10-14-9-15(24(27)28)7-8-16(14)20/h4-9H,10-11H2,1-3H3,(H2,21,22,25,26). The molecule has 2 N–H and O–H groups in total. The normalized spacial score (nSPS) is 10.6. The van der Waals surface area contributed by atoms with E-state index in [-0.39, 0.29) is 18.8 Å². The van der Waals surface area contributed by atoms with Gasteiger partial charge in [-0.3, -0.25) is 25.1 Å². The van der Waals surface area contributed by atoms with E-state index in [0.29, 0.717) is 16.3 Å². The molecule has 148 valence electrons. The molecule has 0 spiro atoms. The number of hydrogen-bond acceptors (Lipinski definition) is 5. The molecule has 0 aliphatic heterocycles. The van der Waals surface area contributed by atoms with Crippen molar-refractivity contribution in [3.05, 3.63) is 68.2 Å². The molecule has 0 aliphatic carbocycles. The fourth-order valence-corrected chi connectivity index (χ4v) is 2.77. The highest BCUT2D eigenvalue weighted by molar-refractivity contribution is 6.31. The lowest BCUT2D eigenvalue weighted by atomic mass is 10.1. The van der Waals surface area contributed by atoms with Crippen LogP contribution < -0.4 is 10.6 Å². The lowest BCUT2D eigenvalue weighted by Gasteiger charge is -2.17. The van der Waals surface area contributed by atoms with E-state index in [4.69, 9.17) is 11.6 Å². The predicted molar refractivity (Wildman–Crippen MR) is 108 cm³/mol. The molecule has 2 aromatic carbocycles. The lowest BCUT2D eigenvalue weighted by molar-refractivity contribution is -0.384. The highest BCUT2D eigenvalue weighted by atomic mass is 35.5. The number of non-ortho nitro benzene ring substituents is 1. The number of nitro groups is 1. The molecule has 9 heteroatoms. The van der Waals surface area contributed by atoms with Gasteiger partial charge in [0, 0.05) is 29.4 Å². The van der Waals surface area contributed by atoms with Gasteiger partial charge >= 0.3 is 6.03 Å². The Morgan fingerprint density at radius 2 is 1.93 bits per heavy atom. The summed E-state index contributed by atoms with van der Waals surface area (Å²) in [6.45, 7) is 3.94. The number of aryl methyl sites for hydroxylation is 1. The van der Waals surface area contributed by atoms with Gasteiger partial charge in [-0.15, -0.1) is 0 Å². The number of hydrogen-bond donors (Lipinski definition) is 2. The molecular formula is C19H21ClN4O4. The van der Waals surface area contributed by atoms with Gasteiger partial charge < -0.3 is 5.32 Å². The molecule has 0 heterocycles. The minimum Gasteiger partial charge on any atom is -0.307 e. The summed E-state index contributed by atoms with van der Waals surface area (Å²) in [4.78, 5) is 36.1. The van der Waals surface area contributed by atoms with E-state index in [9.17, 15) is 19.7 Å². The number of nitrogens with one attached hydrogen (secondary N) is 2. The van der Waals surface area contributed by atoms with E-state index in [1.807, 2.05) is 26.0 Å². The van der Waals surface area contributed by atoms with Gasteiger partial charge in [-0.25, -0.2) is 4.79 Å². The van der Waals surface area contributed by atoms with Crippen molar-refractivity contribution in [2.24, 2.45) is 0 Å². The molecule has 28 heavy (non-hydrogen) atoms. The molecule has 0 saturated heterocycles. The summed E-state index contributed by atoms with van der Waals surface area (Å²) in [5.41, 5.74) is 3.01. The van der Waals surface area contributed by atoms with E-state index in [2.05, 4.69) is 10.6 Å². The molecule has 0 saturated carbocycles. The molecule has 0 fully saturated rings. The monoisotopic (exact) mass is 404 g/mol. The number of amides is 3. The molecule has 8 nitrogen and oxygen atoms in total. The number of halogens is 1. The molecule has 0 radical (unpaired) electrons. The SMILES string of the molecule is Cc1cccc(NC(=O)NC(=O)CN(C)Cc2cc([N+](=O)[O-])ccc2Cl)c1C. The average Bonchev–Trinajstić information content (AvgIpc) is 2.60. The molecule has 0 aromatic heterocycles. The number of urea groups is 1. The minimum absolute atomic E-state index is 0.0786. The van der Waals surface area contributed by atoms with E-state index in [1.165, 1.54) is 18.2 Å². The second-order valence-electron chi connectivity index (χ2n) is 6.45. The molecule has 0 aliphatic rings. The van der Waals surface area contributed by atoms with Gasteiger partial charge in [-0.1, -0.05) is 23.7 Å². The number of nitro benzene ring substituents is 1. The van der Waals surface area contributed by atoms with Gasteiger partial charge in [0.25, 0.3) is 5.69 Å². The van der Waals surface area contributed by atoms with Crippen molar-refractivity contribution in [2.75, 3.05) is 18.9 Å². The Morgan fingerprint density at radius 3 is 2.61 bits per heavy atom. The third-order valence-corrected chi connectivity index (χ3v) is 4.57. The fourth-order valence-electron chi connectivity index (χ4n) is 2.59. The first-order valence-corrected chi connectivity index (χ1v) is 8.83. The number of imide groups is 1. The Hall–Kier alpha value is -2.97. The third kappa shape index (κ3) is 5.77. The molecule has 2 rings (SSSR count). The second kappa shape index (κ2) is 9.29. The van der Waals surface area contributed by atoms with Gasteiger partial charge in [-0.2, -0.15) is 0 Å². The van der Waals surface area contributed by atoms with Crippen LogP contribution in [0, 0.1) is 24.0 Å². The van der Waals surface area contributed by atoms with E-state index in [1.54, 1.807) is 18.0 Å². The number of carbonyl (C=O) groups is 2. The summed E-state index contributed by atoms with van der Waals surface area (Å²) in [7, 11) is 1.65. The van der Waals surface area contributed by atoms with Crippen LogP contribution in [0.1, 0.15) is 16.7 Å². The Labute approximate surface area is 167 Å². The quantitative estimate of drug-likeness (QED) is 0.564. The number of likely N-dealkylation sites (N-methyl/N-ethyl adjacent to an activating group) is 1. The van der Waals surface area contributed by atoms with Crippen LogP contribution in [0.5, 0.6) is 0 Å². The van der Waals surface area contributed by atoms with Crippen LogP contribution in [0.15, 0.2) is 36.4 Å². The molecular weight excluding hydrogens is 384 g/mol. The van der Waals surface area contributed by atoms with Gasteiger partial charge in [-0.05, 0) is 49.7 Å². The summed E-state index contributed by atoms with van der Waals surface area (Å²) in [6, 6.07) is 9.00. The Bertz CT molecular complexity index is 917. The number of carbonyl (C=O) groups excluding carboxylic acids is 2. The zero-order valence-electron chi connectivity index (χ0n) is 15.8. The lowest BCUT2D eigenvalue weighted by Crippen LogP contribution is -2.40. The largest absolute Gasteiger partial charge is 0.325 e. The van der Waals surface area contributed by atoms with Crippen LogP contribution in [0.3, 0.4) is 0 Å². The Balaban J connectivity index is 1.92. The third-order valence-electron chi connectivity index (χ3n) is 4.20. The average molecular weight is 405 g/mol. The van der Waals surface area contributed by atoms with Crippen molar-refractivity contribution in [3.8, 4) is 0 Å². The van der Waals surface area contributed by atoms with Gasteiger partial charge in [0.1, 0.15) is 0 Å². The fraction of sp³-hybridized carbons (Fsp3) is 0.263. The van der Waals surface area contributed by atoms with E-state index < -0.39 is 16.9 Å². The summed E-state index contributed by atoms with van der Waals surface area (Å²) < 4.78 is 0. The maximum Gasteiger partial charge on any atom is 0.325 e. The van der Waals surface area contributed by atoms with Crippen LogP contribution in [0.2, 0.25) is 5.02 Å². The van der Waals surface area contributed by atoms with Gasteiger partial charge in [0.15, 0.2) is 0 Å². The van der Waals surface area contributed by atoms with Crippen molar-refractivity contribution >= 4 is 34.9 Å². The molecule has 2 aromatic rings. The van der Waals surface area contributed by atoms with Crippen molar-refractivity contribution < 1.29 is 14.5 Å². The van der Waals surface area contributed by atoms with Crippen LogP contribution in [-0.4, -0.2) is 35.4 Å². The van der Waals surface area contributed by atoms with Gasteiger partial charge in [0.2, 0.25) is 5.91 Å². The Morgan fingerprint density at radius 1 is 1.21 bits per heavy atom. The topological polar surface area (TPSA) is 105 Å². The molecule has 0 atom stereocenters. The Kier molecular flexibility index (Phi) is 7.08. The first-order valence-electron chi connectivity index (χ1n) is 8.45. The minimum atomic E-state index is -0.625. The maximum absolute atomic E-state index is 12.1. The zero-order valence-corrected chi connectivity index (χ0v) is 16.5. The van der Waals surface area contributed by atoms with Crippen molar-refractivity contribution in [3.63, 3.8) is 0 Å². The summed E-state index contributed by atoms with van der Waals surface area (Å²) in [5, 5.41) is 16.2. The second-order valence-corrected chi connectivity index (χ2v) is 6.86. The van der Waals surface area contributed by atoms with Crippen LogP contribution in [0.4, 0.5) is 16.2 Å². The van der Waals surface area contributed by atoms with Crippen molar-refractivity contribution in [1.82, 2.24) is 10.2 Å². The highest BCUT2D eigenvalue weighted by Crippen LogP contribution is 2.23. The highest BCUT2D eigenvalue weighted by Gasteiger charge is 2.15. The summed E-state index contributed by atoms with van der Waals surface area (Å²) in [6.07, 6.45) is 0. The number of benzene rings is 2. The van der Waals surface area contributed by atoms with Crippen molar-refractivity contribution in [1.29, 1.82) is 0 Å². The van der Waals surface area contributed by atoms with E-state index in [0.717, 1.165) is 11.1 Å². The maximum atomic E-state index is 12.1. The predicted octanol–water partition coefficient (Wildman–Crippen LogP) is 3.65. The van der Waals surface area contributed by atoms with Crippen LogP contribution >= 0.6 is 11.6 Å². The number of nitrogens with zero attached hydrogens (tertiary/aromatic N) is 2. The molecule has 0 bridgehead atoms. The molecule has 0 unspecified atom stereocenters. The van der Waals surface area contributed by atoms with Gasteiger partial charge in [0.05, 0.1) is 11.5 Å². The van der Waals surface area contributed by atoms with Crippen molar-refractivity contribution in [2.45, 2.75) is 20.4 Å². The smallest absolute Gasteiger partial charge is 0.307 e. The first kappa shape index (κ1) is 21.3. The number of rotatable bonds is 6. The van der Waals surface area contributed by atoms with Crippen LogP contribution in [-0.2, 0) is 11.3 Å².